The van der Waals surface area contributed by atoms with Crippen LogP contribution in [0.15, 0.2) is 24.3 Å². The van der Waals surface area contributed by atoms with Gasteiger partial charge in [0.2, 0.25) is 0 Å². The number of alkyl carbamates (subject to hydrolysis) is 1. The first-order chi connectivity index (χ1) is 10.8. The van der Waals surface area contributed by atoms with Crippen LogP contribution >= 0.6 is 11.8 Å². The van der Waals surface area contributed by atoms with Crippen LogP contribution in [-0.2, 0) is 11.3 Å². The summed E-state index contributed by atoms with van der Waals surface area (Å²) in [6, 6.07) is 8.63. The summed E-state index contributed by atoms with van der Waals surface area (Å²) in [5, 5.41) is 7.10. The van der Waals surface area contributed by atoms with Gasteiger partial charge in [0.15, 0.2) is 0 Å². The Morgan fingerprint density at radius 2 is 2.09 bits per heavy atom. The van der Waals surface area contributed by atoms with Crippen LogP contribution in [0.1, 0.15) is 46.1 Å². The first-order valence-corrected chi connectivity index (χ1v) is 9.33. The van der Waals surface area contributed by atoms with Gasteiger partial charge in [-0.15, -0.1) is 0 Å². The van der Waals surface area contributed by atoms with Gasteiger partial charge in [-0.1, -0.05) is 25.1 Å². The monoisotopic (exact) mass is 336 g/mol. The van der Waals surface area contributed by atoms with Crippen molar-refractivity contribution in [3.8, 4) is 0 Å². The molecule has 23 heavy (non-hydrogen) atoms. The number of hydrogen-bond donors (Lipinski definition) is 2. The van der Waals surface area contributed by atoms with Gasteiger partial charge in [0, 0.05) is 23.5 Å². The topological polar surface area (TPSA) is 50.4 Å². The maximum absolute atomic E-state index is 11.8. The van der Waals surface area contributed by atoms with E-state index in [4.69, 9.17) is 4.74 Å². The minimum absolute atomic E-state index is 0.381. The number of anilines is 1. The molecule has 1 aliphatic heterocycles. The van der Waals surface area contributed by atoms with Crippen LogP contribution < -0.4 is 10.6 Å². The summed E-state index contributed by atoms with van der Waals surface area (Å²) in [7, 11) is 0. The van der Waals surface area contributed by atoms with E-state index in [2.05, 4.69) is 23.6 Å². The number of rotatable bonds is 4. The Kier molecular flexibility index (Phi) is 6.22. The molecule has 4 nitrogen and oxygen atoms in total. The predicted octanol–water partition coefficient (Wildman–Crippen LogP) is 4.41. The SMILES string of the molecule is CC1SCCCC1Nc1ccccc1CNC(=O)OC(C)(C)C. The fourth-order valence-corrected chi connectivity index (χ4v) is 3.75. The van der Waals surface area contributed by atoms with E-state index in [9.17, 15) is 4.79 Å². The molecule has 1 aromatic rings. The van der Waals surface area contributed by atoms with Gasteiger partial charge < -0.3 is 15.4 Å². The molecule has 0 bridgehead atoms. The lowest BCUT2D eigenvalue weighted by Gasteiger charge is -2.30. The molecule has 2 rings (SSSR count). The molecule has 0 spiro atoms. The number of thioether (sulfide) groups is 1. The first-order valence-electron chi connectivity index (χ1n) is 8.28. The van der Waals surface area contributed by atoms with Gasteiger partial charge in [-0.25, -0.2) is 4.79 Å². The molecule has 0 aromatic heterocycles. The summed E-state index contributed by atoms with van der Waals surface area (Å²) < 4.78 is 5.29. The standard InChI is InChI=1S/C18H28N2O2S/c1-13-15(10-7-11-23-13)20-16-9-6-5-8-14(16)12-19-17(21)22-18(2,3)4/h5-6,8-9,13,15,20H,7,10-12H2,1-4H3,(H,19,21). The Bertz CT molecular complexity index is 528. The summed E-state index contributed by atoms with van der Waals surface area (Å²) in [6.07, 6.45) is 2.07. The second-order valence-electron chi connectivity index (χ2n) is 6.98. The molecule has 1 aliphatic rings. The Hall–Kier alpha value is -1.36. The van der Waals surface area contributed by atoms with Crippen LogP contribution in [0.3, 0.4) is 0 Å². The van der Waals surface area contributed by atoms with Crippen molar-refractivity contribution in [2.75, 3.05) is 11.1 Å². The van der Waals surface area contributed by atoms with Gasteiger partial charge in [0.25, 0.3) is 0 Å². The van der Waals surface area contributed by atoms with E-state index in [0.717, 1.165) is 11.3 Å². The number of amides is 1. The first kappa shape index (κ1) is 18.0. The van der Waals surface area contributed by atoms with Gasteiger partial charge >= 0.3 is 6.09 Å². The molecule has 5 heteroatoms. The van der Waals surface area contributed by atoms with E-state index in [-0.39, 0.29) is 6.09 Å². The van der Waals surface area contributed by atoms with Gasteiger partial charge in [-0.05, 0) is 51.0 Å². The van der Waals surface area contributed by atoms with Crippen LogP contribution in [0.25, 0.3) is 0 Å². The van der Waals surface area contributed by atoms with Crippen LogP contribution in [0, 0.1) is 0 Å². The molecule has 1 amide bonds. The average molecular weight is 337 g/mol. The second-order valence-corrected chi connectivity index (χ2v) is 8.47. The molecule has 0 radical (unpaired) electrons. The van der Waals surface area contributed by atoms with E-state index in [1.54, 1.807) is 0 Å². The molecule has 1 fully saturated rings. The molecule has 2 atom stereocenters. The highest BCUT2D eigenvalue weighted by atomic mass is 32.2. The van der Waals surface area contributed by atoms with Crippen LogP contribution in [0.4, 0.5) is 10.5 Å². The number of benzene rings is 1. The molecular formula is C18H28N2O2S. The largest absolute Gasteiger partial charge is 0.444 e. The van der Waals surface area contributed by atoms with E-state index >= 15 is 0 Å². The highest BCUT2D eigenvalue weighted by molar-refractivity contribution is 8.00. The van der Waals surface area contributed by atoms with Crippen molar-refractivity contribution < 1.29 is 9.53 Å². The molecule has 2 N–H and O–H groups in total. The Morgan fingerprint density at radius 3 is 2.78 bits per heavy atom. The maximum atomic E-state index is 11.8. The number of para-hydroxylation sites is 1. The molecule has 2 unspecified atom stereocenters. The fraction of sp³-hybridized carbons (Fsp3) is 0.611. The van der Waals surface area contributed by atoms with E-state index in [0.29, 0.717) is 17.8 Å². The Labute approximate surface area is 143 Å². The number of ether oxygens (including phenoxy) is 1. The third kappa shape index (κ3) is 5.98. The van der Waals surface area contributed by atoms with E-state index in [1.165, 1.54) is 18.6 Å². The van der Waals surface area contributed by atoms with Crippen molar-refractivity contribution in [1.29, 1.82) is 0 Å². The van der Waals surface area contributed by atoms with Crippen LogP contribution in [-0.4, -0.2) is 28.7 Å². The fourth-order valence-electron chi connectivity index (χ4n) is 2.61. The lowest BCUT2D eigenvalue weighted by molar-refractivity contribution is 0.0523. The van der Waals surface area contributed by atoms with Gasteiger partial charge in [0.1, 0.15) is 5.60 Å². The van der Waals surface area contributed by atoms with Crippen molar-refractivity contribution >= 4 is 23.5 Å². The Balaban J connectivity index is 1.96. The molecule has 0 saturated carbocycles. The van der Waals surface area contributed by atoms with E-state index in [1.807, 2.05) is 50.7 Å². The predicted molar refractivity (Wildman–Crippen MR) is 98.1 cm³/mol. The zero-order valence-electron chi connectivity index (χ0n) is 14.5. The third-order valence-electron chi connectivity index (χ3n) is 3.79. The van der Waals surface area contributed by atoms with E-state index < -0.39 is 5.60 Å². The molecule has 1 heterocycles. The van der Waals surface area contributed by atoms with Crippen molar-refractivity contribution in [2.45, 2.75) is 64.0 Å². The molecule has 1 aromatic carbocycles. The lowest BCUT2D eigenvalue weighted by Crippen LogP contribution is -2.34. The summed E-state index contributed by atoms with van der Waals surface area (Å²) in [6.45, 7) is 8.34. The summed E-state index contributed by atoms with van der Waals surface area (Å²) in [5.74, 6) is 1.25. The van der Waals surface area contributed by atoms with Gasteiger partial charge in [-0.3, -0.25) is 0 Å². The number of hydrogen-bond acceptors (Lipinski definition) is 4. The zero-order valence-corrected chi connectivity index (χ0v) is 15.3. The van der Waals surface area contributed by atoms with Crippen LogP contribution in [0.5, 0.6) is 0 Å². The summed E-state index contributed by atoms with van der Waals surface area (Å²) in [4.78, 5) is 11.8. The average Bonchev–Trinajstić information content (AvgIpc) is 2.47. The molecule has 0 aliphatic carbocycles. The highest BCUT2D eigenvalue weighted by Gasteiger charge is 2.22. The minimum Gasteiger partial charge on any atom is -0.444 e. The zero-order chi connectivity index (χ0) is 16.9. The minimum atomic E-state index is -0.476. The quantitative estimate of drug-likeness (QED) is 0.855. The Morgan fingerprint density at radius 1 is 1.35 bits per heavy atom. The number of nitrogens with one attached hydrogen (secondary N) is 2. The van der Waals surface area contributed by atoms with Gasteiger partial charge in [-0.2, -0.15) is 11.8 Å². The smallest absolute Gasteiger partial charge is 0.407 e. The number of carbonyl (C=O) groups excluding carboxylic acids is 1. The highest BCUT2D eigenvalue weighted by Crippen LogP contribution is 2.28. The lowest BCUT2D eigenvalue weighted by atomic mass is 10.1. The maximum Gasteiger partial charge on any atom is 0.407 e. The van der Waals surface area contributed by atoms with Crippen molar-refractivity contribution in [2.24, 2.45) is 0 Å². The molecular weight excluding hydrogens is 308 g/mol. The van der Waals surface area contributed by atoms with Crippen molar-refractivity contribution in [3.63, 3.8) is 0 Å². The molecule has 128 valence electrons. The number of carbonyl (C=O) groups is 1. The third-order valence-corrected chi connectivity index (χ3v) is 5.17. The molecule has 1 saturated heterocycles. The van der Waals surface area contributed by atoms with Gasteiger partial charge in [0.05, 0.1) is 0 Å². The normalized spacial score (nSPS) is 21.6. The van der Waals surface area contributed by atoms with Crippen molar-refractivity contribution in [3.05, 3.63) is 29.8 Å². The van der Waals surface area contributed by atoms with Crippen molar-refractivity contribution in [1.82, 2.24) is 5.32 Å². The van der Waals surface area contributed by atoms with Crippen LogP contribution in [0.2, 0.25) is 0 Å². The summed E-state index contributed by atoms with van der Waals surface area (Å²) >= 11 is 2.02. The second kappa shape index (κ2) is 7.95. The summed E-state index contributed by atoms with van der Waals surface area (Å²) in [5.41, 5.74) is 1.71.